The minimum Gasteiger partial charge on any atom is -0.379 e. The molecule has 0 aromatic heterocycles. The Bertz CT molecular complexity index is 773. The van der Waals surface area contributed by atoms with Crippen LogP contribution in [0.3, 0.4) is 0 Å². The molecule has 3 saturated heterocycles. The molecule has 26 heavy (non-hydrogen) atoms. The lowest BCUT2D eigenvalue weighted by Gasteiger charge is -2.46. The van der Waals surface area contributed by atoms with Gasteiger partial charge in [0.2, 0.25) is 10.0 Å². The fourth-order valence-corrected chi connectivity index (χ4v) is 6.69. The molecule has 3 fully saturated rings. The van der Waals surface area contributed by atoms with Crippen molar-refractivity contribution in [3.05, 3.63) is 28.8 Å². The fraction of sp³-hybridized carbons (Fsp3) is 0.684. The molecule has 1 atom stereocenters. The molecule has 144 valence electrons. The van der Waals surface area contributed by atoms with Crippen LogP contribution in [0.2, 0.25) is 0 Å². The predicted octanol–water partition coefficient (Wildman–Crippen LogP) is 1.48. The third-order valence-corrected chi connectivity index (χ3v) is 7.98. The number of hydrogen-bond donors (Lipinski definition) is 0. The second kappa shape index (κ2) is 6.56. The molecule has 3 aliphatic heterocycles. The average Bonchev–Trinajstić information content (AvgIpc) is 2.99. The van der Waals surface area contributed by atoms with Gasteiger partial charge in [-0.2, -0.15) is 4.31 Å². The molecule has 0 bridgehead atoms. The van der Waals surface area contributed by atoms with Crippen LogP contribution in [0.15, 0.2) is 17.0 Å². The Morgan fingerprint density at radius 3 is 2.31 bits per heavy atom. The Kier molecular flexibility index (Phi) is 4.64. The van der Waals surface area contributed by atoms with Gasteiger partial charge in [0.15, 0.2) is 0 Å². The highest BCUT2D eigenvalue weighted by atomic mass is 32.2. The molecule has 3 aliphatic rings. The number of morpholine rings is 1. The lowest BCUT2D eigenvalue weighted by molar-refractivity contribution is -0.0776. The fourth-order valence-electron chi connectivity index (χ4n) is 4.69. The number of hydrogen-bond acceptors (Lipinski definition) is 5. The monoisotopic (exact) mass is 380 g/mol. The van der Waals surface area contributed by atoms with Crippen LogP contribution in [-0.2, 0) is 19.5 Å². The zero-order valence-corrected chi connectivity index (χ0v) is 16.6. The van der Waals surface area contributed by atoms with E-state index in [0.717, 1.165) is 49.4 Å². The zero-order chi connectivity index (χ0) is 18.5. The number of rotatable bonds is 3. The molecule has 7 heteroatoms. The third-order valence-electron chi connectivity index (χ3n) is 5.88. The number of benzene rings is 1. The van der Waals surface area contributed by atoms with Gasteiger partial charge in [0.1, 0.15) is 0 Å². The summed E-state index contributed by atoms with van der Waals surface area (Å²) in [5.41, 5.74) is 2.43. The van der Waals surface area contributed by atoms with Crippen LogP contribution < -0.4 is 0 Å². The molecule has 1 aromatic carbocycles. The van der Waals surface area contributed by atoms with Gasteiger partial charge in [-0.15, -0.1) is 0 Å². The average molecular weight is 381 g/mol. The van der Waals surface area contributed by atoms with Crippen molar-refractivity contribution in [2.24, 2.45) is 0 Å². The largest absolute Gasteiger partial charge is 0.379 e. The summed E-state index contributed by atoms with van der Waals surface area (Å²) in [5, 5.41) is 0. The van der Waals surface area contributed by atoms with E-state index in [9.17, 15) is 8.42 Å². The lowest BCUT2D eigenvalue weighted by atomic mass is 9.91. The quantitative estimate of drug-likeness (QED) is 0.795. The van der Waals surface area contributed by atoms with Crippen LogP contribution in [0.25, 0.3) is 0 Å². The molecule has 1 aromatic rings. The van der Waals surface area contributed by atoms with Gasteiger partial charge < -0.3 is 9.47 Å². The third kappa shape index (κ3) is 3.10. The summed E-state index contributed by atoms with van der Waals surface area (Å²) in [6, 6.07) is 4.26. The van der Waals surface area contributed by atoms with Gasteiger partial charge in [-0.1, -0.05) is 17.7 Å². The van der Waals surface area contributed by atoms with Crippen molar-refractivity contribution in [3.8, 4) is 0 Å². The van der Waals surface area contributed by atoms with Crippen molar-refractivity contribution >= 4 is 10.0 Å². The van der Waals surface area contributed by atoms with E-state index >= 15 is 0 Å². The molecule has 1 spiro atoms. The van der Waals surface area contributed by atoms with E-state index in [-0.39, 0.29) is 5.60 Å². The minimum atomic E-state index is -3.47. The van der Waals surface area contributed by atoms with Gasteiger partial charge in [-0.05, 0) is 38.3 Å². The first-order valence-corrected chi connectivity index (χ1v) is 10.8. The van der Waals surface area contributed by atoms with Crippen molar-refractivity contribution in [2.45, 2.75) is 43.7 Å². The van der Waals surface area contributed by atoms with Crippen LogP contribution in [0, 0.1) is 20.8 Å². The van der Waals surface area contributed by atoms with Gasteiger partial charge in [0.05, 0.1) is 30.3 Å². The topological polar surface area (TPSA) is 59.1 Å². The van der Waals surface area contributed by atoms with Crippen molar-refractivity contribution < 1.29 is 17.9 Å². The molecule has 1 unspecified atom stereocenters. The Hall–Kier alpha value is -0.990. The van der Waals surface area contributed by atoms with Crippen LogP contribution in [-0.4, -0.2) is 75.3 Å². The first-order chi connectivity index (χ1) is 12.3. The second-order valence-corrected chi connectivity index (χ2v) is 9.88. The van der Waals surface area contributed by atoms with Gasteiger partial charge in [0, 0.05) is 32.2 Å². The van der Waals surface area contributed by atoms with Crippen molar-refractivity contribution in [1.82, 2.24) is 9.21 Å². The maximum absolute atomic E-state index is 13.1. The number of sulfonamides is 1. The van der Waals surface area contributed by atoms with Gasteiger partial charge in [0.25, 0.3) is 0 Å². The Balaban J connectivity index is 1.46. The normalized spacial score (nSPS) is 27.0. The first-order valence-electron chi connectivity index (χ1n) is 9.35. The zero-order valence-electron chi connectivity index (χ0n) is 15.8. The molecular formula is C19H28N2O4S. The molecule has 4 rings (SSSR count). The highest BCUT2D eigenvalue weighted by Crippen LogP contribution is 2.40. The smallest absolute Gasteiger partial charge is 0.243 e. The first kappa shape index (κ1) is 18.4. The van der Waals surface area contributed by atoms with Crippen molar-refractivity contribution in [3.63, 3.8) is 0 Å². The van der Waals surface area contributed by atoms with E-state index in [1.807, 2.05) is 32.9 Å². The maximum atomic E-state index is 13.1. The minimum absolute atomic E-state index is 0.303. The molecule has 0 radical (unpaired) electrons. The van der Waals surface area contributed by atoms with E-state index in [4.69, 9.17) is 9.47 Å². The van der Waals surface area contributed by atoms with Crippen molar-refractivity contribution in [2.75, 3.05) is 46.0 Å². The van der Waals surface area contributed by atoms with E-state index in [0.29, 0.717) is 30.6 Å². The summed E-state index contributed by atoms with van der Waals surface area (Å²) in [5.74, 6) is 0. The van der Waals surface area contributed by atoms with E-state index < -0.39 is 10.0 Å². The summed E-state index contributed by atoms with van der Waals surface area (Å²) in [6.45, 7) is 10.8. The summed E-state index contributed by atoms with van der Waals surface area (Å²) in [7, 11) is -3.47. The van der Waals surface area contributed by atoms with Crippen molar-refractivity contribution in [1.29, 1.82) is 0 Å². The van der Waals surface area contributed by atoms with Crippen LogP contribution in [0.1, 0.15) is 23.1 Å². The molecule has 3 heterocycles. The van der Waals surface area contributed by atoms with Crippen LogP contribution in [0.4, 0.5) is 0 Å². The molecule has 6 nitrogen and oxygen atoms in total. The summed E-state index contributed by atoms with van der Waals surface area (Å²) in [4.78, 5) is 2.88. The standard InChI is InChI=1S/C19H28N2O4S/c1-14-8-15(2)18(16(3)9-14)26(22,23)21-12-19(13-21)10-17(11-25-19)20-4-6-24-7-5-20/h8-9,17H,4-7,10-13H2,1-3H3. The number of ether oxygens (including phenoxy) is 2. The predicted molar refractivity (Wildman–Crippen MR) is 98.9 cm³/mol. The maximum Gasteiger partial charge on any atom is 0.243 e. The van der Waals surface area contributed by atoms with E-state index in [1.54, 1.807) is 4.31 Å². The highest BCUT2D eigenvalue weighted by molar-refractivity contribution is 7.89. The van der Waals surface area contributed by atoms with Crippen LogP contribution in [0.5, 0.6) is 0 Å². The molecule has 0 amide bonds. The SMILES string of the molecule is Cc1cc(C)c(S(=O)(=O)N2CC3(CC(N4CCOCC4)CO3)C2)c(C)c1. The Morgan fingerprint density at radius 2 is 1.69 bits per heavy atom. The second-order valence-electron chi connectivity index (χ2n) is 8.00. The molecular weight excluding hydrogens is 352 g/mol. The number of nitrogens with zero attached hydrogens (tertiary/aromatic N) is 2. The molecule has 0 N–H and O–H groups in total. The van der Waals surface area contributed by atoms with E-state index in [2.05, 4.69) is 4.90 Å². The highest BCUT2D eigenvalue weighted by Gasteiger charge is 2.54. The summed E-state index contributed by atoms with van der Waals surface area (Å²) < 4.78 is 39.4. The van der Waals surface area contributed by atoms with Gasteiger partial charge in [-0.25, -0.2) is 8.42 Å². The lowest BCUT2D eigenvalue weighted by Crippen LogP contribution is -2.63. The summed E-state index contributed by atoms with van der Waals surface area (Å²) >= 11 is 0. The number of aryl methyl sites for hydroxylation is 3. The molecule has 0 aliphatic carbocycles. The molecule has 0 saturated carbocycles. The van der Waals surface area contributed by atoms with E-state index in [1.165, 1.54) is 0 Å². The Morgan fingerprint density at radius 1 is 1.08 bits per heavy atom. The van der Waals surface area contributed by atoms with Gasteiger partial charge >= 0.3 is 0 Å². The van der Waals surface area contributed by atoms with Gasteiger partial charge in [-0.3, -0.25) is 4.90 Å². The Labute approximate surface area is 156 Å². The van der Waals surface area contributed by atoms with Crippen LogP contribution >= 0.6 is 0 Å². The summed E-state index contributed by atoms with van der Waals surface area (Å²) in [6.07, 6.45) is 0.908.